The van der Waals surface area contributed by atoms with Crippen LogP contribution in [0.4, 0.5) is 0 Å². The molecule has 2 aromatic carbocycles. The smallest absolute Gasteiger partial charge is 0.248 e. The number of aromatic hydroxyl groups is 1. The number of aliphatic hydroxyl groups is 1. The Kier molecular flexibility index (Phi) is 7.58. The van der Waals surface area contributed by atoms with Crippen LogP contribution in [0.1, 0.15) is 42.1 Å². The van der Waals surface area contributed by atoms with Gasteiger partial charge in [0, 0.05) is 24.5 Å². The summed E-state index contributed by atoms with van der Waals surface area (Å²) in [7, 11) is 0. The summed E-state index contributed by atoms with van der Waals surface area (Å²) < 4.78 is 0. The SMILES string of the molecule is O=c1ccc2c(C(O)CNCCc3ccc(CCN4CCCCC4)cc3)ccc(O)c2[nH]1. The van der Waals surface area contributed by atoms with E-state index in [1.54, 1.807) is 12.1 Å². The predicted octanol–water partition coefficient (Wildman–Crippen LogP) is 3.13. The second kappa shape index (κ2) is 10.8. The molecule has 2 heterocycles. The maximum atomic E-state index is 11.5. The molecule has 0 spiro atoms. The summed E-state index contributed by atoms with van der Waals surface area (Å²) in [6, 6.07) is 15.1. The van der Waals surface area contributed by atoms with Crippen molar-refractivity contribution in [1.82, 2.24) is 15.2 Å². The van der Waals surface area contributed by atoms with Crippen LogP contribution in [-0.4, -0.2) is 52.8 Å². The van der Waals surface area contributed by atoms with E-state index in [0.29, 0.717) is 23.0 Å². The van der Waals surface area contributed by atoms with Gasteiger partial charge in [0.1, 0.15) is 5.75 Å². The van der Waals surface area contributed by atoms with Gasteiger partial charge in [-0.15, -0.1) is 0 Å². The van der Waals surface area contributed by atoms with E-state index in [2.05, 4.69) is 39.5 Å². The number of aromatic nitrogens is 1. The van der Waals surface area contributed by atoms with E-state index in [-0.39, 0.29) is 11.3 Å². The number of aromatic amines is 1. The molecule has 0 amide bonds. The van der Waals surface area contributed by atoms with Gasteiger partial charge in [-0.3, -0.25) is 4.79 Å². The van der Waals surface area contributed by atoms with E-state index in [0.717, 1.165) is 25.9 Å². The lowest BCUT2D eigenvalue weighted by Gasteiger charge is -2.26. The van der Waals surface area contributed by atoms with Crippen molar-refractivity contribution in [3.05, 3.63) is 75.6 Å². The monoisotopic (exact) mass is 435 g/mol. The van der Waals surface area contributed by atoms with E-state index >= 15 is 0 Å². The number of piperidine rings is 1. The zero-order valence-electron chi connectivity index (χ0n) is 18.5. The molecule has 1 aliphatic heterocycles. The molecule has 6 heteroatoms. The number of fused-ring (bicyclic) bond motifs is 1. The van der Waals surface area contributed by atoms with Crippen LogP contribution in [0.15, 0.2) is 53.3 Å². The van der Waals surface area contributed by atoms with Crippen LogP contribution < -0.4 is 10.9 Å². The number of nitrogens with one attached hydrogen (secondary N) is 2. The van der Waals surface area contributed by atoms with Gasteiger partial charge in [0.2, 0.25) is 5.56 Å². The van der Waals surface area contributed by atoms with Gasteiger partial charge < -0.3 is 25.4 Å². The van der Waals surface area contributed by atoms with Gasteiger partial charge >= 0.3 is 0 Å². The summed E-state index contributed by atoms with van der Waals surface area (Å²) in [4.78, 5) is 16.8. The number of rotatable bonds is 9. The zero-order valence-corrected chi connectivity index (χ0v) is 18.5. The molecule has 1 unspecified atom stereocenters. The van der Waals surface area contributed by atoms with Gasteiger partial charge in [0.25, 0.3) is 0 Å². The quantitative estimate of drug-likeness (QED) is 0.388. The van der Waals surface area contributed by atoms with Crippen molar-refractivity contribution in [2.24, 2.45) is 0 Å². The molecule has 3 aromatic rings. The van der Waals surface area contributed by atoms with Crippen LogP contribution in [0.2, 0.25) is 0 Å². The van der Waals surface area contributed by atoms with Crippen LogP contribution in [0.5, 0.6) is 5.75 Å². The van der Waals surface area contributed by atoms with Gasteiger partial charge in [0.05, 0.1) is 11.6 Å². The first kappa shape index (κ1) is 22.5. The lowest BCUT2D eigenvalue weighted by molar-refractivity contribution is 0.176. The molecule has 1 aliphatic rings. The van der Waals surface area contributed by atoms with Crippen molar-refractivity contribution >= 4 is 10.9 Å². The van der Waals surface area contributed by atoms with Crippen LogP contribution in [0.3, 0.4) is 0 Å². The third-order valence-electron chi connectivity index (χ3n) is 6.38. The molecule has 170 valence electrons. The first-order valence-corrected chi connectivity index (χ1v) is 11.6. The molecule has 0 aliphatic carbocycles. The fourth-order valence-electron chi connectivity index (χ4n) is 4.47. The normalized spacial score (nSPS) is 15.8. The standard InChI is InChI=1S/C26H33N3O3/c30-23-10-8-21(22-9-11-25(32)28-26(22)23)24(31)18-27-14-12-19-4-6-20(7-5-19)13-17-29-15-2-1-3-16-29/h4-11,24,27,30-31H,1-3,12-18H2,(H,28,32). The predicted molar refractivity (Wildman–Crippen MR) is 128 cm³/mol. The zero-order chi connectivity index (χ0) is 22.3. The van der Waals surface area contributed by atoms with E-state index in [1.807, 2.05) is 0 Å². The molecule has 1 aromatic heterocycles. The first-order chi connectivity index (χ1) is 15.6. The Balaban J connectivity index is 1.24. The van der Waals surface area contributed by atoms with Gasteiger partial charge in [-0.25, -0.2) is 0 Å². The number of hydrogen-bond acceptors (Lipinski definition) is 5. The highest BCUT2D eigenvalue weighted by molar-refractivity contribution is 5.87. The van der Waals surface area contributed by atoms with Crippen molar-refractivity contribution in [3.63, 3.8) is 0 Å². The maximum Gasteiger partial charge on any atom is 0.248 e. The van der Waals surface area contributed by atoms with Crippen molar-refractivity contribution in [2.75, 3.05) is 32.7 Å². The molecule has 4 rings (SSSR count). The van der Waals surface area contributed by atoms with E-state index in [4.69, 9.17) is 0 Å². The van der Waals surface area contributed by atoms with Crippen LogP contribution >= 0.6 is 0 Å². The molecule has 0 bridgehead atoms. The molecule has 0 radical (unpaired) electrons. The average molecular weight is 436 g/mol. The number of hydrogen-bond donors (Lipinski definition) is 4. The number of phenols is 1. The molecule has 32 heavy (non-hydrogen) atoms. The van der Waals surface area contributed by atoms with E-state index in [1.165, 1.54) is 55.6 Å². The Morgan fingerprint density at radius 1 is 0.938 bits per heavy atom. The van der Waals surface area contributed by atoms with Gasteiger partial charge in [-0.05, 0) is 74.1 Å². The number of H-pyrrole nitrogens is 1. The molecule has 1 atom stereocenters. The fraction of sp³-hybridized carbons (Fsp3) is 0.423. The second-order valence-electron chi connectivity index (χ2n) is 8.72. The molecule has 1 fully saturated rings. The summed E-state index contributed by atoms with van der Waals surface area (Å²) in [6.07, 6.45) is 5.31. The van der Waals surface area contributed by atoms with Crippen LogP contribution in [0.25, 0.3) is 10.9 Å². The minimum atomic E-state index is -0.735. The molecule has 6 nitrogen and oxygen atoms in total. The molecule has 0 saturated carbocycles. The third kappa shape index (κ3) is 5.76. The van der Waals surface area contributed by atoms with Gasteiger partial charge in [-0.1, -0.05) is 36.8 Å². The highest BCUT2D eigenvalue weighted by Crippen LogP contribution is 2.28. The fourth-order valence-corrected chi connectivity index (χ4v) is 4.47. The Bertz CT molecular complexity index is 1070. The number of aliphatic hydroxyl groups excluding tert-OH is 1. The average Bonchev–Trinajstić information content (AvgIpc) is 2.82. The Hall–Kier alpha value is -2.67. The number of phenolic OH excluding ortho intramolecular Hbond substituents is 1. The van der Waals surface area contributed by atoms with Crippen molar-refractivity contribution in [1.29, 1.82) is 0 Å². The number of pyridine rings is 1. The maximum absolute atomic E-state index is 11.5. The molecule has 1 saturated heterocycles. The highest BCUT2D eigenvalue weighted by atomic mass is 16.3. The summed E-state index contributed by atoms with van der Waals surface area (Å²) in [5.41, 5.74) is 3.42. The number of benzene rings is 2. The van der Waals surface area contributed by atoms with Crippen molar-refractivity contribution < 1.29 is 10.2 Å². The Morgan fingerprint density at radius 2 is 1.66 bits per heavy atom. The summed E-state index contributed by atoms with van der Waals surface area (Å²) in [5.74, 6) is 0.000912. The van der Waals surface area contributed by atoms with Crippen molar-refractivity contribution in [3.8, 4) is 5.75 Å². The lowest BCUT2D eigenvalue weighted by Crippen LogP contribution is -2.31. The van der Waals surface area contributed by atoms with Crippen LogP contribution in [-0.2, 0) is 12.8 Å². The van der Waals surface area contributed by atoms with Crippen molar-refractivity contribution in [2.45, 2.75) is 38.2 Å². The topological polar surface area (TPSA) is 88.6 Å². The lowest BCUT2D eigenvalue weighted by atomic mass is 10.0. The molecule has 4 N–H and O–H groups in total. The van der Waals surface area contributed by atoms with E-state index in [9.17, 15) is 15.0 Å². The number of nitrogens with zero attached hydrogens (tertiary/aromatic N) is 1. The molecular formula is C26H33N3O3. The number of likely N-dealkylation sites (tertiary alicyclic amines) is 1. The minimum Gasteiger partial charge on any atom is -0.506 e. The molecular weight excluding hydrogens is 402 g/mol. The second-order valence-corrected chi connectivity index (χ2v) is 8.72. The Labute approximate surface area is 188 Å². The third-order valence-corrected chi connectivity index (χ3v) is 6.38. The first-order valence-electron chi connectivity index (χ1n) is 11.6. The van der Waals surface area contributed by atoms with Gasteiger partial charge in [0.15, 0.2) is 0 Å². The summed E-state index contributed by atoms with van der Waals surface area (Å²) >= 11 is 0. The summed E-state index contributed by atoms with van der Waals surface area (Å²) in [5, 5.41) is 24.6. The highest BCUT2D eigenvalue weighted by Gasteiger charge is 2.14. The largest absolute Gasteiger partial charge is 0.506 e. The van der Waals surface area contributed by atoms with Crippen LogP contribution in [0, 0.1) is 0 Å². The summed E-state index contributed by atoms with van der Waals surface area (Å²) in [6.45, 7) is 4.80. The van der Waals surface area contributed by atoms with Gasteiger partial charge in [-0.2, -0.15) is 0 Å². The Morgan fingerprint density at radius 3 is 2.41 bits per heavy atom. The minimum absolute atomic E-state index is 0.000912. The van der Waals surface area contributed by atoms with E-state index < -0.39 is 6.10 Å².